The van der Waals surface area contributed by atoms with Crippen molar-refractivity contribution in [1.29, 1.82) is 0 Å². The number of hydrogen-bond donors (Lipinski definition) is 2. The molecule has 0 saturated heterocycles. The highest BCUT2D eigenvalue weighted by molar-refractivity contribution is 6.34. The number of aryl methyl sites for hydroxylation is 1. The molecule has 0 saturated carbocycles. The summed E-state index contributed by atoms with van der Waals surface area (Å²) < 4.78 is 1.41. The molecular weight excluding hydrogens is 418 g/mol. The standard InChI is InChI=1S/C22H26ClN5O3/c1-6-10-28-19-17(21(30)26-22(28)31)13(11-16(24-19)12(2)3)20(29)25-15-9-7-8-14(23)18(15)27(4)5/h7-9,11-12H,6,10H2,1-5H3,(H,25,29)(H,26,30,31). The van der Waals surface area contributed by atoms with Gasteiger partial charge in [-0.2, -0.15) is 0 Å². The average Bonchev–Trinajstić information content (AvgIpc) is 2.69. The van der Waals surface area contributed by atoms with Gasteiger partial charge in [0.2, 0.25) is 0 Å². The summed E-state index contributed by atoms with van der Waals surface area (Å²) >= 11 is 6.32. The van der Waals surface area contributed by atoms with E-state index in [1.807, 2.05) is 34.9 Å². The Hall–Kier alpha value is -3.13. The molecule has 0 unspecified atom stereocenters. The van der Waals surface area contributed by atoms with Gasteiger partial charge in [0.15, 0.2) is 5.65 Å². The van der Waals surface area contributed by atoms with E-state index in [2.05, 4.69) is 15.3 Å². The van der Waals surface area contributed by atoms with Crippen LogP contribution in [-0.4, -0.2) is 34.5 Å². The number of benzene rings is 1. The Kier molecular flexibility index (Phi) is 6.50. The lowest BCUT2D eigenvalue weighted by Crippen LogP contribution is -2.32. The first-order chi connectivity index (χ1) is 14.6. The fourth-order valence-electron chi connectivity index (χ4n) is 3.46. The molecule has 2 aromatic heterocycles. The van der Waals surface area contributed by atoms with Gasteiger partial charge in [0, 0.05) is 26.3 Å². The number of para-hydroxylation sites is 1. The van der Waals surface area contributed by atoms with Crippen LogP contribution < -0.4 is 21.5 Å². The number of carbonyl (C=O) groups excluding carboxylic acids is 1. The third-order valence-corrected chi connectivity index (χ3v) is 5.24. The summed E-state index contributed by atoms with van der Waals surface area (Å²) in [5, 5.41) is 3.44. The first-order valence-corrected chi connectivity index (χ1v) is 10.5. The molecule has 1 amide bonds. The zero-order valence-electron chi connectivity index (χ0n) is 18.2. The molecule has 0 aliphatic carbocycles. The van der Waals surface area contributed by atoms with Crippen LogP contribution in [0.15, 0.2) is 33.9 Å². The van der Waals surface area contributed by atoms with E-state index < -0.39 is 17.2 Å². The zero-order valence-corrected chi connectivity index (χ0v) is 19.0. The molecule has 0 aliphatic rings. The number of amides is 1. The van der Waals surface area contributed by atoms with E-state index in [4.69, 9.17) is 11.6 Å². The van der Waals surface area contributed by atoms with Gasteiger partial charge in [-0.05, 0) is 30.5 Å². The van der Waals surface area contributed by atoms with Crippen molar-refractivity contribution in [2.24, 2.45) is 0 Å². The zero-order chi connectivity index (χ0) is 22.9. The number of rotatable bonds is 6. The monoisotopic (exact) mass is 443 g/mol. The number of H-pyrrole nitrogens is 1. The minimum Gasteiger partial charge on any atom is -0.375 e. The molecule has 0 atom stereocenters. The number of carbonyl (C=O) groups is 1. The normalized spacial score (nSPS) is 11.2. The first-order valence-electron chi connectivity index (χ1n) is 10.1. The molecule has 8 nitrogen and oxygen atoms in total. The maximum absolute atomic E-state index is 13.4. The number of fused-ring (bicyclic) bond motifs is 1. The van der Waals surface area contributed by atoms with Gasteiger partial charge in [-0.25, -0.2) is 9.78 Å². The van der Waals surface area contributed by atoms with Crippen molar-refractivity contribution in [3.05, 3.63) is 61.4 Å². The summed E-state index contributed by atoms with van der Waals surface area (Å²) in [6, 6.07) is 6.82. The predicted molar refractivity (Wildman–Crippen MR) is 125 cm³/mol. The van der Waals surface area contributed by atoms with E-state index in [-0.39, 0.29) is 22.5 Å². The van der Waals surface area contributed by atoms with Crippen molar-refractivity contribution in [2.45, 2.75) is 39.7 Å². The quantitative estimate of drug-likeness (QED) is 0.606. The fraction of sp³-hybridized carbons (Fsp3) is 0.364. The molecule has 3 aromatic rings. The maximum atomic E-state index is 13.4. The van der Waals surface area contributed by atoms with E-state index in [1.165, 1.54) is 4.57 Å². The largest absolute Gasteiger partial charge is 0.375 e. The van der Waals surface area contributed by atoms with Crippen LogP contribution in [0.4, 0.5) is 11.4 Å². The van der Waals surface area contributed by atoms with Crippen molar-refractivity contribution in [1.82, 2.24) is 14.5 Å². The molecule has 0 radical (unpaired) electrons. The predicted octanol–water partition coefficient (Wildman–Crippen LogP) is 3.59. The van der Waals surface area contributed by atoms with Gasteiger partial charge < -0.3 is 10.2 Å². The second-order valence-corrected chi connectivity index (χ2v) is 8.25. The minimum absolute atomic E-state index is 0.0103. The molecular formula is C22H26ClN5O3. The van der Waals surface area contributed by atoms with E-state index in [1.54, 1.807) is 29.2 Å². The van der Waals surface area contributed by atoms with Crippen LogP contribution in [0.3, 0.4) is 0 Å². The molecule has 2 heterocycles. The Labute approximate surface area is 184 Å². The topological polar surface area (TPSA) is 100 Å². The molecule has 164 valence electrons. The minimum atomic E-state index is -0.640. The van der Waals surface area contributed by atoms with E-state index in [0.717, 1.165) is 0 Å². The number of aromatic nitrogens is 3. The lowest BCUT2D eigenvalue weighted by atomic mass is 10.0. The van der Waals surface area contributed by atoms with Crippen molar-refractivity contribution in [2.75, 3.05) is 24.3 Å². The Balaban J connectivity index is 2.26. The number of hydrogen-bond acceptors (Lipinski definition) is 5. The summed E-state index contributed by atoms with van der Waals surface area (Å²) in [6.45, 7) is 6.17. The van der Waals surface area contributed by atoms with E-state index >= 15 is 0 Å². The van der Waals surface area contributed by atoms with Crippen molar-refractivity contribution in [3.8, 4) is 0 Å². The molecule has 0 spiro atoms. The van der Waals surface area contributed by atoms with Gasteiger partial charge in [0.25, 0.3) is 11.5 Å². The highest BCUT2D eigenvalue weighted by Gasteiger charge is 2.21. The van der Waals surface area contributed by atoms with Crippen LogP contribution >= 0.6 is 11.6 Å². The Bertz CT molecular complexity index is 1260. The van der Waals surface area contributed by atoms with Gasteiger partial charge in [0.05, 0.1) is 27.3 Å². The third kappa shape index (κ3) is 4.34. The Morgan fingerprint density at radius 2 is 2.00 bits per heavy atom. The smallest absolute Gasteiger partial charge is 0.329 e. The maximum Gasteiger partial charge on any atom is 0.329 e. The number of nitrogens with one attached hydrogen (secondary N) is 2. The molecule has 1 aromatic carbocycles. The van der Waals surface area contributed by atoms with Crippen LogP contribution in [0.25, 0.3) is 11.0 Å². The van der Waals surface area contributed by atoms with Gasteiger partial charge in [-0.1, -0.05) is 38.4 Å². The van der Waals surface area contributed by atoms with Gasteiger partial charge >= 0.3 is 5.69 Å². The Morgan fingerprint density at radius 3 is 2.61 bits per heavy atom. The van der Waals surface area contributed by atoms with Crippen LogP contribution in [0.2, 0.25) is 5.02 Å². The SMILES string of the molecule is CCCn1c(=O)[nH]c(=O)c2c(C(=O)Nc3cccc(Cl)c3N(C)C)cc(C(C)C)nc21. The molecule has 3 rings (SSSR count). The summed E-state index contributed by atoms with van der Waals surface area (Å²) in [6.07, 6.45) is 0.672. The number of pyridine rings is 1. The summed E-state index contributed by atoms with van der Waals surface area (Å²) in [5.41, 5.74) is 0.971. The molecule has 31 heavy (non-hydrogen) atoms. The summed E-state index contributed by atoms with van der Waals surface area (Å²) in [4.78, 5) is 47.2. The highest BCUT2D eigenvalue weighted by Crippen LogP contribution is 2.33. The molecule has 0 fully saturated rings. The number of nitrogens with zero attached hydrogens (tertiary/aromatic N) is 3. The van der Waals surface area contributed by atoms with Gasteiger partial charge in [-0.15, -0.1) is 0 Å². The van der Waals surface area contributed by atoms with Gasteiger partial charge in [-0.3, -0.25) is 19.1 Å². The fourth-order valence-corrected chi connectivity index (χ4v) is 3.80. The average molecular weight is 444 g/mol. The second-order valence-electron chi connectivity index (χ2n) is 7.84. The number of anilines is 2. The van der Waals surface area contributed by atoms with Crippen LogP contribution in [0.1, 0.15) is 49.2 Å². The second kappa shape index (κ2) is 8.93. The summed E-state index contributed by atoms with van der Waals surface area (Å²) in [7, 11) is 3.65. The van der Waals surface area contributed by atoms with Crippen LogP contribution in [-0.2, 0) is 6.54 Å². The highest BCUT2D eigenvalue weighted by atomic mass is 35.5. The van der Waals surface area contributed by atoms with Crippen molar-refractivity contribution >= 4 is 39.9 Å². The summed E-state index contributed by atoms with van der Waals surface area (Å²) in [5.74, 6) is -0.490. The lowest BCUT2D eigenvalue weighted by Gasteiger charge is -2.20. The molecule has 9 heteroatoms. The van der Waals surface area contributed by atoms with E-state index in [9.17, 15) is 14.4 Å². The van der Waals surface area contributed by atoms with Crippen molar-refractivity contribution in [3.63, 3.8) is 0 Å². The lowest BCUT2D eigenvalue weighted by molar-refractivity contribution is 0.102. The molecule has 0 aliphatic heterocycles. The number of aromatic amines is 1. The van der Waals surface area contributed by atoms with Crippen LogP contribution in [0, 0.1) is 0 Å². The first kappa shape index (κ1) is 22.6. The third-order valence-electron chi connectivity index (χ3n) is 4.93. The Morgan fingerprint density at radius 1 is 1.29 bits per heavy atom. The van der Waals surface area contributed by atoms with Crippen LogP contribution in [0.5, 0.6) is 0 Å². The molecule has 2 N–H and O–H groups in total. The molecule has 0 bridgehead atoms. The van der Waals surface area contributed by atoms with Gasteiger partial charge in [0.1, 0.15) is 0 Å². The number of halogens is 1. The van der Waals surface area contributed by atoms with E-state index in [0.29, 0.717) is 35.1 Å². The van der Waals surface area contributed by atoms with Crippen molar-refractivity contribution < 1.29 is 4.79 Å².